The average molecular weight is 460 g/mol. The molecule has 33 heavy (non-hydrogen) atoms. The third-order valence-electron chi connectivity index (χ3n) is 6.55. The van der Waals surface area contributed by atoms with Gasteiger partial charge in [0, 0.05) is 62.9 Å². The number of amides is 1. The lowest BCUT2D eigenvalue weighted by atomic mass is 9.82. The zero-order valence-corrected chi connectivity index (χ0v) is 22.0. The molecule has 0 atom stereocenters. The lowest BCUT2D eigenvalue weighted by molar-refractivity contribution is 0.0295. The molecule has 2 aliphatic rings. The topological polar surface area (TPSA) is 61.8 Å². The van der Waals surface area contributed by atoms with Crippen molar-refractivity contribution in [1.29, 1.82) is 0 Å². The van der Waals surface area contributed by atoms with Gasteiger partial charge in [-0.25, -0.2) is 14.8 Å². The number of anilines is 1. The number of carbonyl (C=O) groups excluding carboxylic acids is 1. The van der Waals surface area contributed by atoms with Gasteiger partial charge in [-0.2, -0.15) is 0 Å². The van der Waals surface area contributed by atoms with Crippen LogP contribution in [-0.4, -0.2) is 77.8 Å². The lowest BCUT2D eigenvalue weighted by Crippen LogP contribution is -2.47. The summed E-state index contributed by atoms with van der Waals surface area (Å²) in [6.45, 7) is 18.2. The number of aromatic nitrogens is 2. The minimum Gasteiger partial charge on any atom is -0.444 e. The van der Waals surface area contributed by atoms with Gasteiger partial charge >= 0.3 is 6.09 Å². The van der Waals surface area contributed by atoms with Gasteiger partial charge in [0.2, 0.25) is 0 Å². The highest BCUT2D eigenvalue weighted by atomic mass is 16.6. The van der Waals surface area contributed by atoms with Crippen molar-refractivity contribution in [2.24, 2.45) is 0 Å². The molecule has 1 saturated heterocycles. The van der Waals surface area contributed by atoms with E-state index in [0.717, 1.165) is 63.8 Å². The molecule has 1 saturated carbocycles. The van der Waals surface area contributed by atoms with Crippen molar-refractivity contribution >= 4 is 11.9 Å². The summed E-state index contributed by atoms with van der Waals surface area (Å²) in [5, 5.41) is 0. The van der Waals surface area contributed by atoms with Gasteiger partial charge in [-0.15, -0.1) is 0 Å². The van der Waals surface area contributed by atoms with Crippen LogP contribution in [0.5, 0.6) is 0 Å². The van der Waals surface area contributed by atoms with Gasteiger partial charge in [-0.3, -0.25) is 4.90 Å². The third-order valence-corrected chi connectivity index (χ3v) is 6.55. The van der Waals surface area contributed by atoms with E-state index < -0.39 is 5.60 Å². The van der Waals surface area contributed by atoms with Crippen molar-refractivity contribution in [3.05, 3.63) is 17.6 Å². The van der Waals surface area contributed by atoms with Crippen LogP contribution in [0.2, 0.25) is 0 Å². The number of piperazine rings is 1. The number of hydrogen-bond acceptors (Lipinski definition) is 6. The van der Waals surface area contributed by atoms with Crippen molar-refractivity contribution in [3.8, 4) is 0 Å². The Morgan fingerprint density at radius 2 is 1.73 bits per heavy atom. The summed E-state index contributed by atoms with van der Waals surface area (Å²) in [7, 11) is 1.82. The highest BCUT2D eigenvalue weighted by Crippen LogP contribution is 2.37. The minimum absolute atomic E-state index is 0.0389. The smallest absolute Gasteiger partial charge is 0.410 e. The molecule has 0 spiro atoms. The average Bonchev–Trinajstić information content (AvgIpc) is 2.68. The summed E-state index contributed by atoms with van der Waals surface area (Å²) in [5.41, 5.74) is 0.761. The van der Waals surface area contributed by atoms with E-state index in [-0.39, 0.29) is 11.5 Å². The molecule has 7 heteroatoms. The van der Waals surface area contributed by atoms with E-state index in [1.54, 1.807) is 4.90 Å². The molecule has 7 nitrogen and oxygen atoms in total. The molecule has 0 radical (unpaired) electrons. The van der Waals surface area contributed by atoms with Crippen molar-refractivity contribution in [3.63, 3.8) is 0 Å². The zero-order valence-electron chi connectivity index (χ0n) is 22.0. The van der Waals surface area contributed by atoms with Crippen molar-refractivity contribution in [2.75, 3.05) is 51.2 Å². The first-order valence-corrected chi connectivity index (χ1v) is 12.7. The molecule has 3 rings (SSSR count). The summed E-state index contributed by atoms with van der Waals surface area (Å²) < 4.78 is 5.42. The summed E-state index contributed by atoms with van der Waals surface area (Å²) in [5.74, 6) is 2.70. The van der Waals surface area contributed by atoms with Crippen molar-refractivity contribution < 1.29 is 9.53 Å². The van der Waals surface area contributed by atoms with E-state index >= 15 is 0 Å². The predicted octanol–water partition coefficient (Wildman–Crippen LogP) is 4.81. The maximum atomic E-state index is 12.1. The van der Waals surface area contributed by atoms with Gasteiger partial charge in [0.25, 0.3) is 0 Å². The SMILES string of the molecule is CN(CCCCN1CCN(c2cc(C3CCC3)nc(C(C)(C)C)n2)CC1)C(=O)OC(C)(C)C. The van der Waals surface area contributed by atoms with Crippen LogP contribution in [0.1, 0.15) is 91.1 Å². The number of unbranched alkanes of at least 4 members (excludes halogenated alkanes) is 1. The summed E-state index contributed by atoms with van der Waals surface area (Å²) in [4.78, 5) is 28.7. The molecular formula is C26H45N5O2. The predicted molar refractivity (Wildman–Crippen MR) is 134 cm³/mol. The Morgan fingerprint density at radius 3 is 2.27 bits per heavy atom. The monoisotopic (exact) mass is 459 g/mol. The molecule has 186 valence electrons. The van der Waals surface area contributed by atoms with Gasteiger partial charge in [-0.1, -0.05) is 27.2 Å². The Bertz CT molecular complexity index is 787. The Hall–Kier alpha value is -1.89. The van der Waals surface area contributed by atoms with E-state index in [0.29, 0.717) is 5.92 Å². The first-order chi connectivity index (χ1) is 15.4. The minimum atomic E-state index is -0.443. The molecule has 1 aliphatic heterocycles. The molecule has 0 unspecified atom stereocenters. The second-order valence-electron chi connectivity index (χ2n) is 11.8. The van der Waals surface area contributed by atoms with E-state index in [1.807, 2.05) is 27.8 Å². The number of nitrogens with zero attached hydrogens (tertiary/aromatic N) is 5. The molecule has 1 aromatic rings. The molecule has 0 N–H and O–H groups in total. The molecule has 1 aromatic heterocycles. The molecule has 1 aliphatic carbocycles. The quantitative estimate of drug-likeness (QED) is 0.545. The van der Waals surface area contributed by atoms with Gasteiger partial charge in [0.15, 0.2) is 0 Å². The molecule has 1 amide bonds. The number of hydrogen-bond donors (Lipinski definition) is 0. The Morgan fingerprint density at radius 1 is 1.06 bits per heavy atom. The highest BCUT2D eigenvalue weighted by molar-refractivity contribution is 5.67. The van der Waals surface area contributed by atoms with Crippen LogP contribution in [0.4, 0.5) is 10.6 Å². The van der Waals surface area contributed by atoms with E-state index in [2.05, 4.69) is 36.6 Å². The van der Waals surface area contributed by atoms with Crippen LogP contribution >= 0.6 is 0 Å². The largest absolute Gasteiger partial charge is 0.444 e. The van der Waals surface area contributed by atoms with Crippen LogP contribution in [0.15, 0.2) is 6.07 Å². The standard InChI is InChI=1S/C26H45N5O2/c1-25(2,3)23-27-21(20-11-10-12-20)19-22(28-23)31-17-15-30(16-18-31)14-9-8-13-29(7)24(32)33-26(4,5)6/h19-20H,8-18H2,1-7H3. The van der Waals surface area contributed by atoms with Crippen LogP contribution < -0.4 is 4.90 Å². The van der Waals surface area contributed by atoms with Crippen LogP contribution in [0.3, 0.4) is 0 Å². The fraction of sp³-hybridized carbons (Fsp3) is 0.808. The third kappa shape index (κ3) is 7.56. The zero-order chi connectivity index (χ0) is 24.2. The van der Waals surface area contributed by atoms with E-state index in [1.165, 1.54) is 25.0 Å². The summed E-state index contributed by atoms with van der Waals surface area (Å²) in [6, 6.07) is 2.25. The van der Waals surface area contributed by atoms with Gasteiger partial charge in [0.1, 0.15) is 17.2 Å². The molecule has 2 fully saturated rings. The fourth-order valence-corrected chi connectivity index (χ4v) is 4.18. The summed E-state index contributed by atoms with van der Waals surface area (Å²) >= 11 is 0. The Kier molecular flexibility index (Phi) is 8.25. The molecular weight excluding hydrogens is 414 g/mol. The van der Waals surface area contributed by atoms with Crippen LogP contribution in [0, 0.1) is 0 Å². The van der Waals surface area contributed by atoms with Crippen LogP contribution in [0.25, 0.3) is 0 Å². The van der Waals surface area contributed by atoms with E-state index in [4.69, 9.17) is 14.7 Å². The second-order valence-corrected chi connectivity index (χ2v) is 11.8. The van der Waals surface area contributed by atoms with Crippen molar-refractivity contribution in [1.82, 2.24) is 19.8 Å². The van der Waals surface area contributed by atoms with Crippen LogP contribution in [-0.2, 0) is 10.2 Å². The number of ether oxygens (including phenoxy) is 1. The molecule has 0 aromatic carbocycles. The Labute approximate surface area is 200 Å². The maximum absolute atomic E-state index is 12.1. The van der Waals surface area contributed by atoms with Gasteiger partial charge in [-0.05, 0) is 53.0 Å². The first kappa shape index (κ1) is 25.7. The normalized spacial score (nSPS) is 18.2. The Balaban J connectivity index is 1.46. The maximum Gasteiger partial charge on any atom is 0.410 e. The van der Waals surface area contributed by atoms with Gasteiger partial charge < -0.3 is 14.5 Å². The second kappa shape index (κ2) is 10.6. The van der Waals surface area contributed by atoms with E-state index in [9.17, 15) is 4.79 Å². The molecule has 0 bridgehead atoms. The van der Waals surface area contributed by atoms with Crippen molar-refractivity contribution in [2.45, 2.75) is 90.6 Å². The molecule has 2 heterocycles. The fourth-order valence-electron chi connectivity index (χ4n) is 4.18. The number of rotatable bonds is 7. The summed E-state index contributed by atoms with van der Waals surface area (Å²) in [6.07, 6.45) is 5.67. The lowest BCUT2D eigenvalue weighted by Gasteiger charge is -2.36. The van der Waals surface area contributed by atoms with Gasteiger partial charge in [0.05, 0.1) is 0 Å². The highest BCUT2D eigenvalue weighted by Gasteiger charge is 2.27. The first-order valence-electron chi connectivity index (χ1n) is 12.7. The number of carbonyl (C=O) groups is 1.